The van der Waals surface area contributed by atoms with E-state index >= 15 is 0 Å². The van der Waals surface area contributed by atoms with E-state index < -0.39 is 12.3 Å². The van der Waals surface area contributed by atoms with Gasteiger partial charge in [0.05, 0.1) is 6.10 Å². The van der Waals surface area contributed by atoms with Gasteiger partial charge in [-0.15, -0.1) is 0 Å². The fourth-order valence-electron chi connectivity index (χ4n) is 8.13. The van der Waals surface area contributed by atoms with Crippen molar-refractivity contribution >= 4 is 0 Å². The van der Waals surface area contributed by atoms with Crippen LogP contribution in [-0.4, -0.2) is 28.6 Å². The van der Waals surface area contributed by atoms with Crippen molar-refractivity contribution in [1.29, 1.82) is 0 Å². The van der Waals surface area contributed by atoms with Crippen molar-refractivity contribution in [2.45, 2.75) is 96.4 Å². The van der Waals surface area contributed by atoms with Gasteiger partial charge in [0.25, 0.3) is 0 Å². The van der Waals surface area contributed by atoms with E-state index in [0.29, 0.717) is 29.1 Å². The van der Waals surface area contributed by atoms with Crippen LogP contribution in [0.2, 0.25) is 0 Å². The molecular formula is C22H35F3O2. The molecule has 0 aromatic heterocycles. The Kier molecular flexibility index (Phi) is 4.90. The van der Waals surface area contributed by atoms with Crippen LogP contribution in [0.3, 0.4) is 0 Å². The summed E-state index contributed by atoms with van der Waals surface area (Å²) < 4.78 is 38.8. The van der Waals surface area contributed by atoms with Gasteiger partial charge in [-0.05, 0) is 105 Å². The zero-order valence-corrected chi connectivity index (χ0v) is 16.6. The molecule has 5 heteroatoms. The number of aliphatic hydroxyl groups excluding tert-OH is 2. The maximum Gasteiger partial charge on any atom is 0.414 e. The maximum absolute atomic E-state index is 12.9. The van der Waals surface area contributed by atoms with Crippen LogP contribution in [0.1, 0.15) is 78.1 Å². The lowest BCUT2D eigenvalue weighted by molar-refractivity contribution is -0.212. The summed E-state index contributed by atoms with van der Waals surface area (Å²) in [7, 11) is 0. The summed E-state index contributed by atoms with van der Waals surface area (Å²) in [4.78, 5) is 0. The standard InChI is InChI=1S/C22H35F3O2/c1-20-9-7-15(26)11-13(20)3-5-16-17-6-4-14(12-19(27)22(23,24)25)21(17,2)10-8-18(16)20/h13-19,26-27H,3-12H2,1-2H3/t13-,14-,15?,16?,17?,18?,19-,20?,21-/m1/s1. The molecule has 0 aromatic carbocycles. The summed E-state index contributed by atoms with van der Waals surface area (Å²) in [5, 5.41) is 19.8. The Morgan fingerprint density at radius 2 is 1.59 bits per heavy atom. The van der Waals surface area contributed by atoms with Crippen molar-refractivity contribution in [1.82, 2.24) is 0 Å². The van der Waals surface area contributed by atoms with Gasteiger partial charge >= 0.3 is 6.18 Å². The monoisotopic (exact) mass is 388 g/mol. The molecule has 2 N–H and O–H groups in total. The summed E-state index contributed by atoms with van der Waals surface area (Å²) in [5.74, 6) is 2.38. The molecule has 2 nitrogen and oxygen atoms in total. The molecule has 0 heterocycles. The van der Waals surface area contributed by atoms with Crippen molar-refractivity contribution in [2.24, 2.45) is 40.4 Å². The summed E-state index contributed by atoms with van der Waals surface area (Å²) in [5.41, 5.74) is 0.248. The van der Waals surface area contributed by atoms with E-state index in [1.54, 1.807) is 0 Å². The van der Waals surface area contributed by atoms with Crippen molar-refractivity contribution in [2.75, 3.05) is 0 Å². The van der Waals surface area contributed by atoms with E-state index in [1.807, 2.05) is 0 Å². The number of fused-ring (bicyclic) bond motifs is 5. The third-order valence-corrected chi connectivity index (χ3v) is 9.72. The maximum atomic E-state index is 12.9. The highest BCUT2D eigenvalue weighted by molar-refractivity contribution is 5.09. The van der Waals surface area contributed by atoms with Gasteiger partial charge in [-0.25, -0.2) is 0 Å². The van der Waals surface area contributed by atoms with Crippen molar-refractivity contribution in [3.05, 3.63) is 0 Å². The lowest BCUT2D eigenvalue weighted by Crippen LogP contribution is -2.54. The average Bonchev–Trinajstić information content (AvgIpc) is 2.91. The van der Waals surface area contributed by atoms with Crippen LogP contribution in [0.5, 0.6) is 0 Å². The van der Waals surface area contributed by atoms with Gasteiger partial charge in [0.15, 0.2) is 0 Å². The first-order chi connectivity index (χ1) is 12.6. The second-order valence-corrected chi connectivity index (χ2v) is 10.7. The smallest absolute Gasteiger partial charge is 0.393 e. The molecular weight excluding hydrogens is 353 g/mol. The molecule has 4 aliphatic rings. The van der Waals surface area contributed by atoms with Gasteiger partial charge in [0.1, 0.15) is 6.10 Å². The van der Waals surface area contributed by atoms with E-state index in [9.17, 15) is 23.4 Å². The molecule has 0 aliphatic heterocycles. The fourth-order valence-corrected chi connectivity index (χ4v) is 8.13. The molecule has 5 unspecified atom stereocenters. The summed E-state index contributed by atoms with van der Waals surface area (Å²) in [6.45, 7) is 4.65. The normalized spacial score (nSPS) is 51.2. The van der Waals surface area contributed by atoms with E-state index in [1.165, 1.54) is 6.42 Å². The number of alkyl halides is 3. The minimum atomic E-state index is -4.50. The SMILES string of the molecule is CC12CCC(O)C[C@H]1CCC1C2CC[C@@]2(C)C1CC[C@@H]2C[C@@H](O)C(F)(F)F. The first kappa shape index (κ1) is 20.0. The number of hydrogen-bond acceptors (Lipinski definition) is 2. The van der Waals surface area contributed by atoms with Gasteiger partial charge in [-0.1, -0.05) is 13.8 Å². The number of halogens is 3. The highest BCUT2D eigenvalue weighted by Crippen LogP contribution is 2.68. The zero-order chi connectivity index (χ0) is 19.6. The highest BCUT2D eigenvalue weighted by Gasteiger charge is 2.60. The molecule has 27 heavy (non-hydrogen) atoms. The Labute approximate surface area is 160 Å². The summed E-state index contributed by atoms with van der Waals surface area (Å²) in [6.07, 6.45) is 2.28. The third-order valence-electron chi connectivity index (χ3n) is 9.72. The molecule has 0 radical (unpaired) electrons. The number of aliphatic hydroxyl groups is 2. The topological polar surface area (TPSA) is 40.5 Å². The van der Waals surface area contributed by atoms with Gasteiger partial charge in [-0.3, -0.25) is 0 Å². The predicted molar refractivity (Wildman–Crippen MR) is 97.9 cm³/mol. The van der Waals surface area contributed by atoms with Crippen LogP contribution in [0.25, 0.3) is 0 Å². The van der Waals surface area contributed by atoms with Crippen molar-refractivity contribution < 1.29 is 23.4 Å². The zero-order valence-electron chi connectivity index (χ0n) is 16.6. The molecule has 0 amide bonds. The highest BCUT2D eigenvalue weighted by atomic mass is 19.4. The van der Waals surface area contributed by atoms with Crippen LogP contribution in [0.4, 0.5) is 13.2 Å². The molecule has 0 spiro atoms. The van der Waals surface area contributed by atoms with Crippen LogP contribution in [-0.2, 0) is 0 Å². The lowest BCUT2D eigenvalue weighted by atomic mass is 9.44. The molecule has 4 aliphatic carbocycles. The quantitative estimate of drug-likeness (QED) is 0.672. The Morgan fingerprint density at radius 3 is 2.30 bits per heavy atom. The predicted octanol–water partition coefficient (Wildman–Crippen LogP) is 5.32. The van der Waals surface area contributed by atoms with Gasteiger partial charge < -0.3 is 10.2 Å². The third kappa shape index (κ3) is 3.15. The van der Waals surface area contributed by atoms with Crippen LogP contribution < -0.4 is 0 Å². The number of hydrogen-bond donors (Lipinski definition) is 2. The van der Waals surface area contributed by atoms with Crippen molar-refractivity contribution in [3.8, 4) is 0 Å². The molecule has 156 valence electrons. The minimum Gasteiger partial charge on any atom is -0.393 e. The Bertz CT molecular complexity index is 564. The fraction of sp³-hybridized carbons (Fsp3) is 1.00. The van der Waals surface area contributed by atoms with Gasteiger partial charge in [0.2, 0.25) is 0 Å². The number of rotatable bonds is 2. The minimum absolute atomic E-state index is 0.0150. The second kappa shape index (κ2) is 6.62. The first-order valence-electron chi connectivity index (χ1n) is 11.0. The summed E-state index contributed by atoms with van der Waals surface area (Å²) in [6, 6.07) is 0. The van der Waals surface area contributed by atoms with Crippen LogP contribution in [0, 0.1) is 40.4 Å². The molecule has 0 aromatic rings. The molecule has 9 atom stereocenters. The van der Waals surface area contributed by atoms with E-state index in [-0.39, 0.29) is 23.9 Å². The van der Waals surface area contributed by atoms with Crippen LogP contribution >= 0.6 is 0 Å². The Hall–Kier alpha value is -0.290. The van der Waals surface area contributed by atoms with Crippen molar-refractivity contribution in [3.63, 3.8) is 0 Å². The van der Waals surface area contributed by atoms with E-state index in [4.69, 9.17) is 0 Å². The largest absolute Gasteiger partial charge is 0.414 e. The van der Waals surface area contributed by atoms with Gasteiger partial charge in [0, 0.05) is 0 Å². The Morgan fingerprint density at radius 1 is 0.926 bits per heavy atom. The molecule has 4 fully saturated rings. The molecule has 4 saturated carbocycles. The molecule has 0 bridgehead atoms. The Balaban J connectivity index is 1.52. The first-order valence-corrected chi connectivity index (χ1v) is 11.0. The van der Waals surface area contributed by atoms with Crippen LogP contribution in [0.15, 0.2) is 0 Å². The van der Waals surface area contributed by atoms with Gasteiger partial charge in [-0.2, -0.15) is 13.2 Å². The average molecular weight is 389 g/mol. The molecule has 0 saturated heterocycles. The van der Waals surface area contributed by atoms with E-state index in [2.05, 4.69) is 13.8 Å². The summed E-state index contributed by atoms with van der Waals surface area (Å²) >= 11 is 0. The lowest BCUT2D eigenvalue weighted by Gasteiger charge is -2.61. The molecule has 4 rings (SSSR count). The van der Waals surface area contributed by atoms with E-state index in [0.717, 1.165) is 51.4 Å². The second-order valence-electron chi connectivity index (χ2n) is 10.7.